The average molecular weight is 422 g/mol. The van der Waals surface area contributed by atoms with Crippen LogP contribution in [-0.2, 0) is 4.79 Å². The Kier molecular flexibility index (Phi) is 6.87. The molecule has 1 aliphatic carbocycles. The van der Waals surface area contributed by atoms with Gasteiger partial charge in [0, 0.05) is 17.8 Å². The number of nitrogens with one attached hydrogen (secondary N) is 2. The van der Waals surface area contributed by atoms with Gasteiger partial charge in [0.1, 0.15) is 5.75 Å². The highest BCUT2D eigenvalue weighted by Gasteiger charge is 2.31. The predicted molar refractivity (Wildman–Crippen MR) is 123 cm³/mol. The number of benzene rings is 2. The highest BCUT2D eigenvalue weighted by atomic mass is 16.5. The third-order valence-electron chi connectivity index (χ3n) is 6.53. The van der Waals surface area contributed by atoms with Crippen molar-refractivity contribution >= 4 is 23.2 Å². The molecule has 1 aliphatic heterocycles. The van der Waals surface area contributed by atoms with Crippen molar-refractivity contribution in [3.8, 4) is 5.75 Å². The first-order valence-electron chi connectivity index (χ1n) is 11.2. The number of nitrogens with zero attached hydrogens (tertiary/aromatic N) is 1. The van der Waals surface area contributed by atoms with Crippen molar-refractivity contribution in [2.75, 3.05) is 37.4 Å². The molecule has 2 atom stereocenters. The van der Waals surface area contributed by atoms with E-state index in [1.807, 2.05) is 12.1 Å². The molecule has 0 bridgehead atoms. The minimum absolute atomic E-state index is 0.000447. The Bertz CT molecular complexity index is 912. The van der Waals surface area contributed by atoms with Crippen molar-refractivity contribution in [1.29, 1.82) is 0 Å². The highest BCUT2D eigenvalue weighted by molar-refractivity contribution is 6.05. The molecule has 6 nitrogen and oxygen atoms in total. The van der Waals surface area contributed by atoms with Crippen LogP contribution in [-0.4, -0.2) is 43.5 Å². The number of rotatable bonds is 6. The van der Waals surface area contributed by atoms with Gasteiger partial charge in [-0.25, -0.2) is 0 Å². The second kappa shape index (κ2) is 9.96. The van der Waals surface area contributed by atoms with E-state index in [1.165, 1.54) is 32.1 Å². The maximum atomic E-state index is 12.5. The van der Waals surface area contributed by atoms with Gasteiger partial charge in [-0.2, -0.15) is 0 Å². The van der Waals surface area contributed by atoms with Crippen LogP contribution in [0, 0.1) is 11.8 Å². The molecule has 2 aromatic carbocycles. The molecule has 0 radical (unpaired) electrons. The lowest BCUT2D eigenvalue weighted by atomic mass is 9.75. The average Bonchev–Trinajstić information content (AvgIpc) is 2.79. The summed E-state index contributed by atoms with van der Waals surface area (Å²) in [6.07, 6.45) is 6.59. The molecule has 4 rings (SSSR count). The number of anilines is 2. The number of hydrogen-bond donors (Lipinski definition) is 2. The van der Waals surface area contributed by atoms with Gasteiger partial charge in [0.05, 0.1) is 19.3 Å². The highest BCUT2D eigenvalue weighted by Crippen LogP contribution is 2.35. The van der Waals surface area contributed by atoms with Gasteiger partial charge in [0.15, 0.2) is 0 Å². The molecule has 0 aromatic heterocycles. The molecule has 2 fully saturated rings. The molecule has 2 N–H and O–H groups in total. The van der Waals surface area contributed by atoms with E-state index >= 15 is 0 Å². The summed E-state index contributed by atoms with van der Waals surface area (Å²) in [5.74, 6) is 2.01. The molecule has 6 heteroatoms. The van der Waals surface area contributed by atoms with E-state index in [4.69, 9.17) is 4.74 Å². The van der Waals surface area contributed by atoms with Crippen LogP contribution in [0.4, 0.5) is 11.4 Å². The number of methoxy groups -OCH3 is 1. The smallest absolute Gasteiger partial charge is 0.255 e. The Hall–Kier alpha value is -2.86. The Morgan fingerprint density at radius 1 is 0.968 bits per heavy atom. The van der Waals surface area contributed by atoms with Gasteiger partial charge >= 0.3 is 0 Å². The largest absolute Gasteiger partial charge is 0.495 e. The van der Waals surface area contributed by atoms with Crippen LogP contribution >= 0.6 is 0 Å². The SMILES string of the molecule is COc1ccccc1NC(=O)c1ccc(NC(=O)CN2CC[C@@H]3CCCC[C@@H]3C2)cc1. The number of ether oxygens (including phenoxy) is 1. The first-order chi connectivity index (χ1) is 15.1. The van der Waals surface area contributed by atoms with Crippen LogP contribution in [0.15, 0.2) is 48.5 Å². The topological polar surface area (TPSA) is 70.7 Å². The number of hydrogen-bond acceptors (Lipinski definition) is 4. The van der Waals surface area contributed by atoms with Crippen LogP contribution in [0.3, 0.4) is 0 Å². The number of amides is 2. The monoisotopic (exact) mass is 421 g/mol. The number of carbonyl (C=O) groups excluding carboxylic acids is 2. The molecule has 2 aliphatic rings. The molecule has 31 heavy (non-hydrogen) atoms. The second-order valence-corrected chi connectivity index (χ2v) is 8.61. The summed E-state index contributed by atoms with van der Waals surface area (Å²) in [6.45, 7) is 2.48. The van der Waals surface area contributed by atoms with Gasteiger partial charge in [-0.3, -0.25) is 14.5 Å². The number of likely N-dealkylation sites (tertiary alicyclic amines) is 1. The Balaban J connectivity index is 1.29. The van der Waals surface area contributed by atoms with E-state index < -0.39 is 0 Å². The van der Waals surface area contributed by atoms with Crippen molar-refractivity contribution in [3.05, 3.63) is 54.1 Å². The van der Waals surface area contributed by atoms with Crippen molar-refractivity contribution < 1.29 is 14.3 Å². The van der Waals surface area contributed by atoms with Crippen molar-refractivity contribution in [3.63, 3.8) is 0 Å². The molecule has 164 valence electrons. The van der Waals surface area contributed by atoms with E-state index in [-0.39, 0.29) is 11.8 Å². The van der Waals surface area contributed by atoms with E-state index in [2.05, 4.69) is 15.5 Å². The zero-order valence-electron chi connectivity index (χ0n) is 18.1. The maximum Gasteiger partial charge on any atom is 0.255 e. The van der Waals surface area contributed by atoms with Crippen LogP contribution in [0.5, 0.6) is 5.75 Å². The summed E-state index contributed by atoms with van der Waals surface area (Å²) >= 11 is 0. The normalized spacial score (nSPS) is 21.1. The molecule has 1 saturated carbocycles. The second-order valence-electron chi connectivity index (χ2n) is 8.61. The van der Waals surface area contributed by atoms with Crippen LogP contribution in [0.1, 0.15) is 42.5 Å². The fourth-order valence-electron chi connectivity index (χ4n) is 4.87. The Morgan fingerprint density at radius 2 is 1.71 bits per heavy atom. The molecule has 0 unspecified atom stereocenters. The summed E-state index contributed by atoms with van der Waals surface area (Å²) < 4.78 is 5.27. The number of piperidine rings is 1. The third kappa shape index (κ3) is 5.44. The summed E-state index contributed by atoms with van der Waals surface area (Å²) in [4.78, 5) is 27.3. The lowest BCUT2D eigenvalue weighted by Gasteiger charge is -2.41. The van der Waals surface area contributed by atoms with Gasteiger partial charge < -0.3 is 15.4 Å². The summed E-state index contributed by atoms with van der Waals surface area (Å²) in [5, 5.41) is 5.82. The summed E-state index contributed by atoms with van der Waals surface area (Å²) in [7, 11) is 1.57. The summed E-state index contributed by atoms with van der Waals surface area (Å²) in [6, 6.07) is 14.2. The third-order valence-corrected chi connectivity index (χ3v) is 6.53. The zero-order chi connectivity index (χ0) is 21.6. The first-order valence-corrected chi connectivity index (χ1v) is 11.2. The van der Waals surface area contributed by atoms with Gasteiger partial charge in [0.2, 0.25) is 5.91 Å². The quantitative estimate of drug-likeness (QED) is 0.725. The summed E-state index contributed by atoms with van der Waals surface area (Å²) in [5.41, 5.74) is 1.84. The van der Waals surface area contributed by atoms with Gasteiger partial charge in [-0.1, -0.05) is 31.4 Å². The fraction of sp³-hybridized carbons (Fsp3) is 0.440. The molecule has 2 aromatic rings. The predicted octanol–water partition coefficient (Wildman–Crippen LogP) is 4.40. The van der Waals surface area contributed by atoms with Crippen molar-refractivity contribution in [2.45, 2.75) is 32.1 Å². The van der Waals surface area contributed by atoms with Crippen LogP contribution in [0.25, 0.3) is 0 Å². The first kappa shape index (κ1) is 21.4. The van der Waals surface area contributed by atoms with Crippen molar-refractivity contribution in [2.24, 2.45) is 11.8 Å². The molecule has 0 spiro atoms. The fourth-order valence-corrected chi connectivity index (χ4v) is 4.87. The van der Waals surface area contributed by atoms with Crippen molar-refractivity contribution in [1.82, 2.24) is 4.90 Å². The number of carbonyl (C=O) groups is 2. The zero-order valence-corrected chi connectivity index (χ0v) is 18.1. The Labute approximate surface area is 184 Å². The van der Waals surface area contributed by atoms with E-state index in [9.17, 15) is 9.59 Å². The molecule has 1 saturated heterocycles. The molecule has 1 heterocycles. The van der Waals surface area contributed by atoms with Crippen LogP contribution < -0.4 is 15.4 Å². The minimum atomic E-state index is -0.224. The Morgan fingerprint density at radius 3 is 2.48 bits per heavy atom. The maximum absolute atomic E-state index is 12.5. The minimum Gasteiger partial charge on any atom is -0.495 e. The van der Waals surface area contributed by atoms with Gasteiger partial charge in [-0.05, 0) is 67.6 Å². The van der Waals surface area contributed by atoms with E-state index in [0.29, 0.717) is 29.2 Å². The number of fused-ring (bicyclic) bond motifs is 1. The lowest BCUT2D eigenvalue weighted by molar-refractivity contribution is -0.118. The van der Waals surface area contributed by atoms with Gasteiger partial charge in [0.25, 0.3) is 5.91 Å². The molecular formula is C25H31N3O3. The van der Waals surface area contributed by atoms with Gasteiger partial charge in [-0.15, -0.1) is 0 Å². The number of para-hydroxylation sites is 2. The molecule has 2 amide bonds. The van der Waals surface area contributed by atoms with Crippen LogP contribution in [0.2, 0.25) is 0 Å². The standard InChI is InChI=1S/C25H31N3O3/c1-31-23-9-5-4-8-22(23)27-25(30)19-10-12-21(13-11-19)26-24(29)17-28-15-14-18-6-2-3-7-20(18)16-28/h4-5,8-13,18,20H,2-3,6-7,14-17H2,1H3,(H,26,29)(H,27,30)/t18-,20+/m0/s1. The van der Waals surface area contributed by atoms with E-state index in [1.54, 1.807) is 43.5 Å². The van der Waals surface area contributed by atoms with E-state index in [0.717, 1.165) is 24.9 Å². The molecular weight excluding hydrogens is 390 g/mol. The lowest BCUT2D eigenvalue weighted by Crippen LogP contribution is -2.44.